The molecule has 0 aliphatic carbocycles. The minimum Gasteiger partial charge on any atom is -0.370 e. The summed E-state index contributed by atoms with van der Waals surface area (Å²) in [7, 11) is -1.45. The SMILES string of the molecule is CC(C)(C)[S@](=O)N[C@H](C#N)CCC(F)(F)CCCCc1ccc2c(n1)NCCC2. The molecule has 5 nitrogen and oxygen atoms in total. The maximum Gasteiger partial charge on any atom is 0.248 e. The Morgan fingerprint density at radius 2 is 2.07 bits per heavy atom. The number of halogens is 2. The van der Waals surface area contributed by atoms with Gasteiger partial charge in [-0.15, -0.1) is 0 Å². The van der Waals surface area contributed by atoms with Gasteiger partial charge in [-0.1, -0.05) is 6.07 Å². The van der Waals surface area contributed by atoms with E-state index in [0.717, 1.165) is 30.9 Å². The van der Waals surface area contributed by atoms with Crippen LogP contribution in [0.2, 0.25) is 0 Å². The van der Waals surface area contributed by atoms with Crippen molar-refractivity contribution >= 4 is 16.8 Å². The van der Waals surface area contributed by atoms with E-state index >= 15 is 0 Å². The minimum absolute atomic E-state index is 0.0244. The standard InChI is InChI=1S/C21H32F2N4OS/c1-20(2,3)29(28)27-18(15-24)11-13-21(22,23)12-5-4-8-17-10-9-16-7-6-14-25-19(16)26-17/h9-10,18,27H,4-8,11-14H2,1-3H3,(H,25,26)/t18-,29-/m0/s1. The van der Waals surface area contributed by atoms with Crippen LogP contribution in [-0.4, -0.2) is 32.4 Å². The summed E-state index contributed by atoms with van der Waals surface area (Å²) < 4.78 is 42.6. The molecule has 2 atom stereocenters. The van der Waals surface area contributed by atoms with Crippen LogP contribution >= 0.6 is 0 Å². The van der Waals surface area contributed by atoms with Crippen LogP contribution in [0.4, 0.5) is 14.6 Å². The van der Waals surface area contributed by atoms with Gasteiger partial charge in [0.25, 0.3) is 0 Å². The average Bonchev–Trinajstić information content (AvgIpc) is 2.67. The molecule has 0 radical (unpaired) electrons. The number of aromatic nitrogens is 1. The van der Waals surface area contributed by atoms with Gasteiger partial charge in [0.05, 0.1) is 21.8 Å². The predicted molar refractivity (Wildman–Crippen MR) is 113 cm³/mol. The van der Waals surface area contributed by atoms with E-state index in [1.54, 1.807) is 20.8 Å². The molecule has 162 valence electrons. The van der Waals surface area contributed by atoms with E-state index in [9.17, 15) is 13.0 Å². The number of pyridine rings is 1. The number of alkyl halides is 2. The fraction of sp³-hybridized carbons (Fsp3) is 0.714. The van der Waals surface area contributed by atoms with Gasteiger partial charge in [0.15, 0.2) is 0 Å². The molecule has 0 amide bonds. The Balaban J connectivity index is 1.72. The molecule has 2 N–H and O–H groups in total. The lowest BCUT2D eigenvalue weighted by Gasteiger charge is -2.22. The van der Waals surface area contributed by atoms with Crippen molar-refractivity contribution < 1.29 is 13.0 Å². The van der Waals surface area contributed by atoms with Crippen LogP contribution < -0.4 is 10.0 Å². The second kappa shape index (κ2) is 10.4. The smallest absolute Gasteiger partial charge is 0.248 e. The van der Waals surface area contributed by atoms with E-state index in [2.05, 4.69) is 21.1 Å². The molecule has 1 aliphatic rings. The van der Waals surface area contributed by atoms with Crippen LogP contribution in [0.15, 0.2) is 12.1 Å². The van der Waals surface area contributed by atoms with E-state index in [4.69, 9.17) is 5.26 Å². The van der Waals surface area contributed by atoms with Gasteiger partial charge in [-0.2, -0.15) is 5.26 Å². The van der Waals surface area contributed by atoms with Gasteiger partial charge >= 0.3 is 0 Å². The first-order chi connectivity index (χ1) is 13.6. The van der Waals surface area contributed by atoms with E-state index in [-0.39, 0.29) is 19.3 Å². The highest BCUT2D eigenvalue weighted by Crippen LogP contribution is 2.28. The number of anilines is 1. The Bertz CT molecular complexity index is 743. The van der Waals surface area contributed by atoms with Crippen molar-refractivity contribution in [2.75, 3.05) is 11.9 Å². The molecule has 0 aromatic carbocycles. The van der Waals surface area contributed by atoms with Gasteiger partial charge in [-0.3, -0.25) is 0 Å². The van der Waals surface area contributed by atoms with E-state index < -0.39 is 27.7 Å². The number of hydrogen-bond donors (Lipinski definition) is 2. The normalized spacial score (nSPS) is 16.4. The summed E-state index contributed by atoms with van der Waals surface area (Å²) in [5.74, 6) is -1.90. The predicted octanol–water partition coefficient (Wildman–Crippen LogP) is 4.51. The van der Waals surface area contributed by atoms with Crippen LogP contribution in [-0.2, 0) is 23.8 Å². The highest BCUT2D eigenvalue weighted by atomic mass is 32.2. The van der Waals surface area contributed by atoms with Gasteiger partial charge in [0, 0.05) is 25.1 Å². The van der Waals surface area contributed by atoms with Crippen molar-refractivity contribution in [1.29, 1.82) is 5.26 Å². The summed E-state index contributed by atoms with van der Waals surface area (Å²) in [6, 6.07) is 5.17. The van der Waals surface area contributed by atoms with Crippen LogP contribution in [0.3, 0.4) is 0 Å². The third-order valence-electron chi connectivity index (χ3n) is 4.94. The summed E-state index contributed by atoms with van der Waals surface area (Å²) >= 11 is 0. The number of nitrogens with one attached hydrogen (secondary N) is 2. The molecule has 1 aromatic heterocycles. The molecule has 29 heavy (non-hydrogen) atoms. The molecule has 0 spiro atoms. The maximum absolute atomic E-state index is 14.2. The highest BCUT2D eigenvalue weighted by Gasteiger charge is 2.30. The van der Waals surface area contributed by atoms with Crippen LogP contribution in [0.1, 0.15) is 70.6 Å². The van der Waals surface area contributed by atoms with Gasteiger partial charge in [-0.25, -0.2) is 22.7 Å². The third-order valence-corrected chi connectivity index (χ3v) is 6.55. The zero-order valence-corrected chi connectivity index (χ0v) is 18.4. The van der Waals surface area contributed by atoms with Crippen LogP contribution in [0.25, 0.3) is 0 Å². The van der Waals surface area contributed by atoms with E-state index in [1.807, 2.05) is 12.1 Å². The van der Waals surface area contributed by atoms with E-state index in [0.29, 0.717) is 19.3 Å². The highest BCUT2D eigenvalue weighted by molar-refractivity contribution is 7.84. The fourth-order valence-electron chi connectivity index (χ4n) is 3.13. The Hall–Kier alpha value is -1.59. The van der Waals surface area contributed by atoms with Gasteiger partial charge < -0.3 is 5.32 Å². The number of aryl methyl sites for hydroxylation is 2. The van der Waals surface area contributed by atoms with Crippen molar-refractivity contribution in [3.8, 4) is 6.07 Å². The molecule has 2 heterocycles. The Labute approximate surface area is 175 Å². The van der Waals surface area contributed by atoms with Gasteiger partial charge in [0.2, 0.25) is 5.92 Å². The summed E-state index contributed by atoms with van der Waals surface area (Å²) in [5, 5.41) is 12.4. The summed E-state index contributed by atoms with van der Waals surface area (Å²) in [6.07, 6.45) is 3.24. The number of rotatable bonds is 10. The molecule has 0 fully saturated rings. The molecular weight excluding hydrogens is 394 g/mol. The molecule has 0 saturated carbocycles. The first-order valence-corrected chi connectivity index (χ1v) is 11.4. The summed E-state index contributed by atoms with van der Waals surface area (Å²) in [6.45, 7) is 6.24. The van der Waals surface area contributed by atoms with E-state index in [1.165, 1.54) is 5.56 Å². The number of nitrogens with zero attached hydrogens (tertiary/aromatic N) is 2. The topological polar surface area (TPSA) is 77.8 Å². The van der Waals surface area contributed by atoms with Crippen molar-refractivity contribution in [2.45, 2.75) is 88.8 Å². The molecular formula is C21H32F2N4OS. The molecule has 1 aromatic rings. The van der Waals surface area contributed by atoms with Crippen LogP contribution in [0, 0.1) is 11.3 Å². The first-order valence-electron chi connectivity index (χ1n) is 10.3. The number of hydrogen-bond acceptors (Lipinski definition) is 4. The lowest BCUT2D eigenvalue weighted by Crippen LogP contribution is -2.39. The molecule has 0 bridgehead atoms. The van der Waals surface area contributed by atoms with Crippen molar-refractivity contribution in [3.63, 3.8) is 0 Å². The largest absolute Gasteiger partial charge is 0.370 e. The molecule has 0 unspecified atom stereocenters. The average molecular weight is 427 g/mol. The third kappa shape index (κ3) is 7.98. The number of fused-ring (bicyclic) bond motifs is 1. The fourth-order valence-corrected chi connectivity index (χ4v) is 3.92. The Morgan fingerprint density at radius 3 is 2.76 bits per heavy atom. The van der Waals surface area contributed by atoms with Crippen LogP contribution in [0.5, 0.6) is 0 Å². The van der Waals surface area contributed by atoms with Crippen molar-refractivity contribution in [3.05, 3.63) is 23.4 Å². The van der Waals surface area contributed by atoms with Gasteiger partial charge in [-0.05, 0) is 70.9 Å². The molecule has 2 rings (SSSR count). The molecule has 1 aliphatic heterocycles. The zero-order chi connectivity index (χ0) is 21.5. The Morgan fingerprint density at radius 1 is 1.31 bits per heavy atom. The van der Waals surface area contributed by atoms with Crippen molar-refractivity contribution in [2.24, 2.45) is 0 Å². The molecule has 0 saturated heterocycles. The lowest BCUT2D eigenvalue weighted by molar-refractivity contribution is -0.0207. The summed E-state index contributed by atoms with van der Waals surface area (Å²) in [4.78, 5) is 4.59. The zero-order valence-electron chi connectivity index (χ0n) is 17.6. The maximum atomic E-state index is 14.2. The second-order valence-electron chi connectivity index (χ2n) is 8.62. The molecule has 8 heteroatoms. The first kappa shape index (κ1) is 23.7. The lowest BCUT2D eigenvalue weighted by atomic mass is 10.0. The number of nitriles is 1. The van der Waals surface area contributed by atoms with Gasteiger partial charge in [0.1, 0.15) is 11.9 Å². The minimum atomic E-state index is -2.83. The second-order valence-corrected chi connectivity index (χ2v) is 10.6. The monoisotopic (exact) mass is 426 g/mol. The summed E-state index contributed by atoms with van der Waals surface area (Å²) in [5.41, 5.74) is 2.15. The quantitative estimate of drug-likeness (QED) is 0.540. The Kier molecular flexibility index (Phi) is 8.53. The van der Waals surface area contributed by atoms with Crippen molar-refractivity contribution in [1.82, 2.24) is 9.71 Å². The number of unbranched alkanes of at least 4 members (excludes halogenated alkanes) is 1.